The van der Waals surface area contributed by atoms with Gasteiger partial charge in [-0.3, -0.25) is 9.78 Å². The molecule has 1 atom stereocenters. The number of anilines is 1. The van der Waals surface area contributed by atoms with Gasteiger partial charge in [0, 0.05) is 12.4 Å². The number of nitrogens with zero attached hydrogens (tertiary/aromatic N) is 4. The van der Waals surface area contributed by atoms with Crippen molar-refractivity contribution in [2.75, 3.05) is 5.32 Å². The summed E-state index contributed by atoms with van der Waals surface area (Å²) < 4.78 is 47.4. The number of Topliss-reactive ketones (excluding diaryl/α,β-unsaturated/α-hetero) is 1. The highest BCUT2D eigenvalue weighted by molar-refractivity contribution is 6.09. The van der Waals surface area contributed by atoms with Crippen LogP contribution >= 0.6 is 0 Å². The zero-order valence-electron chi connectivity index (χ0n) is 12.9. The minimum absolute atomic E-state index is 0.123. The predicted octanol–water partition coefficient (Wildman–Crippen LogP) is 2.98. The smallest absolute Gasteiger partial charge is 0.431 e. The predicted molar refractivity (Wildman–Crippen MR) is 82.1 cm³/mol. The SMILES string of the molecule is O=C(C1=C(C(F)(F)F)Nc2ncnn2[C@H]1c1cccnc1)c1ccco1. The summed E-state index contributed by atoms with van der Waals surface area (Å²) in [4.78, 5) is 20.6. The number of allylic oxidation sites excluding steroid dienone is 2. The van der Waals surface area contributed by atoms with Gasteiger partial charge >= 0.3 is 6.18 Å². The molecule has 1 N–H and O–H groups in total. The molecule has 0 radical (unpaired) electrons. The van der Waals surface area contributed by atoms with Gasteiger partial charge in [-0.15, -0.1) is 0 Å². The Balaban J connectivity index is 1.98. The van der Waals surface area contributed by atoms with E-state index in [1.54, 1.807) is 12.1 Å². The van der Waals surface area contributed by atoms with Gasteiger partial charge in [0.15, 0.2) is 5.76 Å². The number of halogens is 3. The van der Waals surface area contributed by atoms with Crippen LogP contribution in [0.4, 0.5) is 19.1 Å². The first-order valence-corrected chi connectivity index (χ1v) is 7.43. The molecule has 0 saturated carbocycles. The van der Waals surface area contributed by atoms with Gasteiger partial charge in [0.2, 0.25) is 11.7 Å². The van der Waals surface area contributed by atoms with Crippen molar-refractivity contribution in [1.29, 1.82) is 0 Å². The Bertz CT molecular complexity index is 977. The maximum Gasteiger partial charge on any atom is 0.431 e. The molecule has 3 aromatic heterocycles. The Labute approximate surface area is 144 Å². The summed E-state index contributed by atoms with van der Waals surface area (Å²) in [6.45, 7) is 0. The summed E-state index contributed by atoms with van der Waals surface area (Å²) in [5, 5.41) is 6.15. The Morgan fingerprint density at radius 2 is 2.12 bits per heavy atom. The summed E-state index contributed by atoms with van der Waals surface area (Å²) >= 11 is 0. The van der Waals surface area contributed by atoms with Crippen molar-refractivity contribution >= 4 is 11.7 Å². The van der Waals surface area contributed by atoms with Crippen LogP contribution in [0.1, 0.15) is 22.2 Å². The molecule has 1 aliphatic rings. The van der Waals surface area contributed by atoms with Crippen LogP contribution in [0.5, 0.6) is 0 Å². The number of hydrogen-bond acceptors (Lipinski definition) is 6. The summed E-state index contributed by atoms with van der Waals surface area (Å²) in [6, 6.07) is 4.71. The first-order valence-electron chi connectivity index (χ1n) is 7.43. The molecular weight excluding hydrogens is 351 g/mol. The second kappa shape index (κ2) is 5.83. The Hall–Kier alpha value is -3.43. The Morgan fingerprint density at radius 1 is 1.27 bits per heavy atom. The molecule has 0 saturated heterocycles. The number of rotatable bonds is 3. The molecule has 0 spiro atoms. The Kier molecular flexibility index (Phi) is 3.60. The van der Waals surface area contributed by atoms with Crippen molar-refractivity contribution in [3.63, 3.8) is 0 Å². The van der Waals surface area contributed by atoms with E-state index in [0.717, 1.165) is 6.33 Å². The van der Waals surface area contributed by atoms with Gasteiger partial charge < -0.3 is 9.73 Å². The average molecular weight is 361 g/mol. The van der Waals surface area contributed by atoms with Gasteiger partial charge in [0.1, 0.15) is 18.1 Å². The summed E-state index contributed by atoms with van der Waals surface area (Å²) in [7, 11) is 0. The van der Waals surface area contributed by atoms with Crippen LogP contribution in [0.15, 0.2) is 64.9 Å². The van der Waals surface area contributed by atoms with E-state index in [2.05, 4.69) is 20.4 Å². The third-order valence-corrected chi connectivity index (χ3v) is 3.87. The number of pyridine rings is 1. The lowest BCUT2D eigenvalue weighted by Gasteiger charge is -2.30. The Morgan fingerprint density at radius 3 is 2.77 bits per heavy atom. The number of carbonyl (C=O) groups is 1. The molecule has 0 aliphatic carbocycles. The maximum absolute atomic E-state index is 13.7. The lowest BCUT2D eigenvalue weighted by atomic mass is 9.92. The van der Waals surface area contributed by atoms with E-state index in [-0.39, 0.29) is 11.7 Å². The zero-order valence-corrected chi connectivity index (χ0v) is 12.9. The molecule has 0 unspecified atom stereocenters. The van der Waals surface area contributed by atoms with Crippen LogP contribution in [-0.4, -0.2) is 31.7 Å². The third-order valence-electron chi connectivity index (χ3n) is 3.87. The minimum Gasteiger partial charge on any atom is -0.461 e. The second-order valence-electron chi connectivity index (χ2n) is 5.43. The van der Waals surface area contributed by atoms with Crippen molar-refractivity contribution < 1.29 is 22.4 Å². The molecule has 0 bridgehead atoms. The normalized spacial score (nSPS) is 17.0. The highest BCUT2D eigenvalue weighted by Crippen LogP contribution is 2.41. The van der Waals surface area contributed by atoms with Crippen LogP contribution in [0.2, 0.25) is 0 Å². The first kappa shape index (κ1) is 16.1. The number of hydrogen-bond donors (Lipinski definition) is 1. The van der Waals surface area contributed by atoms with Crippen LogP contribution in [-0.2, 0) is 0 Å². The fraction of sp³-hybridized carbons (Fsp3) is 0.125. The first-order chi connectivity index (χ1) is 12.5. The molecule has 7 nitrogen and oxygen atoms in total. The molecule has 132 valence electrons. The van der Waals surface area contributed by atoms with Crippen LogP contribution in [0.3, 0.4) is 0 Å². The van der Waals surface area contributed by atoms with E-state index < -0.39 is 29.3 Å². The number of ketones is 1. The minimum atomic E-state index is -4.81. The van der Waals surface area contributed by atoms with Gasteiger partial charge in [-0.2, -0.15) is 23.3 Å². The molecule has 3 aromatic rings. The number of furan rings is 1. The van der Waals surface area contributed by atoms with Gasteiger partial charge in [0.05, 0.1) is 11.8 Å². The van der Waals surface area contributed by atoms with Gasteiger partial charge in [0.25, 0.3) is 0 Å². The fourth-order valence-electron chi connectivity index (χ4n) is 2.81. The fourth-order valence-corrected chi connectivity index (χ4v) is 2.81. The molecular formula is C16H10F3N5O2. The number of fused-ring (bicyclic) bond motifs is 1. The highest BCUT2D eigenvalue weighted by atomic mass is 19.4. The standard InChI is InChI=1S/C16H10F3N5O2/c17-16(18,19)14-11(13(25)10-4-2-6-26-10)12(9-3-1-5-20-7-9)24-15(23-14)21-8-22-24/h1-8,12H,(H,21,22,23)/t12-/m0/s1. The molecule has 26 heavy (non-hydrogen) atoms. The molecule has 1 aliphatic heterocycles. The molecule has 0 amide bonds. The number of carbonyl (C=O) groups excluding carboxylic acids is 1. The van der Waals surface area contributed by atoms with Gasteiger partial charge in [-0.25, -0.2) is 4.68 Å². The van der Waals surface area contributed by atoms with Crippen LogP contribution < -0.4 is 5.32 Å². The summed E-state index contributed by atoms with van der Waals surface area (Å²) in [5.74, 6) is -1.23. The number of nitrogens with one attached hydrogen (secondary N) is 1. The molecule has 0 fully saturated rings. The topological polar surface area (TPSA) is 85.8 Å². The third kappa shape index (κ3) is 2.55. The van der Waals surface area contributed by atoms with Crippen molar-refractivity contribution in [3.8, 4) is 0 Å². The molecule has 10 heteroatoms. The van der Waals surface area contributed by atoms with E-state index in [0.29, 0.717) is 5.56 Å². The molecule has 4 heterocycles. The molecule has 4 rings (SSSR count). The lowest BCUT2D eigenvalue weighted by Crippen LogP contribution is -2.35. The van der Waals surface area contributed by atoms with E-state index in [1.807, 2.05) is 0 Å². The largest absolute Gasteiger partial charge is 0.461 e. The van der Waals surface area contributed by atoms with E-state index in [9.17, 15) is 18.0 Å². The summed E-state index contributed by atoms with van der Waals surface area (Å²) in [5.41, 5.74) is -1.39. The van der Waals surface area contributed by atoms with Gasteiger partial charge in [-0.05, 0) is 23.8 Å². The average Bonchev–Trinajstić information content (AvgIpc) is 3.31. The zero-order chi connectivity index (χ0) is 18.3. The van der Waals surface area contributed by atoms with Crippen molar-refractivity contribution in [2.45, 2.75) is 12.2 Å². The summed E-state index contributed by atoms with van der Waals surface area (Å²) in [6.07, 6.45) is 0.382. The van der Waals surface area contributed by atoms with Crippen molar-refractivity contribution in [2.24, 2.45) is 0 Å². The van der Waals surface area contributed by atoms with Crippen LogP contribution in [0.25, 0.3) is 0 Å². The maximum atomic E-state index is 13.7. The van der Waals surface area contributed by atoms with Crippen molar-refractivity contribution in [3.05, 3.63) is 71.8 Å². The van der Waals surface area contributed by atoms with E-state index >= 15 is 0 Å². The number of alkyl halides is 3. The van der Waals surface area contributed by atoms with E-state index in [4.69, 9.17) is 4.42 Å². The van der Waals surface area contributed by atoms with Gasteiger partial charge in [-0.1, -0.05) is 6.07 Å². The lowest BCUT2D eigenvalue weighted by molar-refractivity contribution is -0.0918. The van der Waals surface area contributed by atoms with Crippen molar-refractivity contribution in [1.82, 2.24) is 19.7 Å². The highest BCUT2D eigenvalue weighted by Gasteiger charge is 2.46. The molecule has 0 aromatic carbocycles. The second-order valence-corrected chi connectivity index (χ2v) is 5.43. The number of aromatic nitrogens is 4. The quantitative estimate of drug-likeness (QED) is 0.722. The monoisotopic (exact) mass is 361 g/mol. The van der Waals surface area contributed by atoms with E-state index in [1.165, 1.54) is 35.5 Å². The van der Waals surface area contributed by atoms with Crippen LogP contribution in [0, 0.1) is 0 Å².